The highest BCUT2D eigenvalue weighted by molar-refractivity contribution is 5.97. The molecule has 1 aromatic rings. The first-order valence-corrected chi connectivity index (χ1v) is 7.44. The van der Waals surface area contributed by atoms with E-state index in [0.717, 1.165) is 19.4 Å². The molecule has 2 rings (SSSR count). The molecule has 128 valence electrons. The van der Waals surface area contributed by atoms with Gasteiger partial charge in [0.2, 0.25) is 5.91 Å². The average Bonchev–Trinajstić information content (AvgIpc) is 2.55. The predicted octanol–water partition coefficient (Wildman–Crippen LogP) is 1.76. The largest absolute Gasteiger partial charge is 0.495 e. The Morgan fingerprint density at radius 1 is 1.35 bits per heavy atom. The molecule has 23 heavy (non-hydrogen) atoms. The molecular weight excluding hydrogens is 318 g/mol. The number of amides is 2. The Hall–Kier alpha value is -1.79. The maximum absolute atomic E-state index is 12.3. The van der Waals surface area contributed by atoms with Gasteiger partial charge in [0.1, 0.15) is 5.75 Å². The summed E-state index contributed by atoms with van der Waals surface area (Å²) in [6.45, 7) is 1.67. The Balaban J connectivity index is 0.00000264. The number of carbonyl (C=O) groups excluding carboxylic acids is 2. The van der Waals surface area contributed by atoms with Crippen molar-refractivity contribution in [2.24, 2.45) is 5.92 Å². The highest BCUT2D eigenvalue weighted by Crippen LogP contribution is 2.27. The summed E-state index contributed by atoms with van der Waals surface area (Å²) in [5.41, 5.74) is 1.12. The molecule has 1 aliphatic heterocycles. The third-order valence-corrected chi connectivity index (χ3v) is 3.78. The van der Waals surface area contributed by atoms with Crippen molar-refractivity contribution in [3.8, 4) is 5.75 Å². The van der Waals surface area contributed by atoms with Gasteiger partial charge in [0.15, 0.2) is 0 Å². The van der Waals surface area contributed by atoms with E-state index in [1.165, 1.54) is 12.0 Å². The van der Waals surface area contributed by atoms with Crippen LogP contribution in [0.1, 0.15) is 23.2 Å². The molecule has 0 bridgehead atoms. The number of hydrogen-bond acceptors (Lipinski definition) is 4. The minimum absolute atomic E-state index is 0. The van der Waals surface area contributed by atoms with Crippen LogP contribution in [-0.4, -0.2) is 51.0 Å². The van der Waals surface area contributed by atoms with Gasteiger partial charge < -0.3 is 20.3 Å². The van der Waals surface area contributed by atoms with Crippen LogP contribution in [0.4, 0.5) is 5.69 Å². The van der Waals surface area contributed by atoms with Gasteiger partial charge in [-0.2, -0.15) is 0 Å². The number of anilines is 1. The second-order valence-electron chi connectivity index (χ2n) is 5.65. The Kier molecular flexibility index (Phi) is 7.32. The highest BCUT2D eigenvalue weighted by atomic mass is 35.5. The first-order valence-electron chi connectivity index (χ1n) is 7.44. The minimum Gasteiger partial charge on any atom is -0.495 e. The smallest absolute Gasteiger partial charge is 0.253 e. The van der Waals surface area contributed by atoms with Gasteiger partial charge in [0.25, 0.3) is 5.91 Å². The maximum Gasteiger partial charge on any atom is 0.253 e. The van der Waals surface area contributed by atoms with Gasteiger partial charge in [0.05, 0.1) is 18.7 Å². The number of methoxy groups -OCH3 is 1. The zero-order valence-corrected chi connectivity index (χ0v) is 14.5. The van der Waals surface area contributed by atoms with E-state index < -0.39 is 0 Å². The molecule has 0 aromatic heterocycles. The maximum atomic E-state index is 12.3. The number of ether oxygens (including phenoxy) is 1. The van der Waals surface area contributed by atoms with E-state index in [-0.39, 0.29) is 30.1 Å². The molecule has 1 aromatic carbocycles. The first-order chi connectivity index (χ1) is 10.5. The molecule has 0 saturated carbocycles. The number of rotatable bonds is 4. The van der Waals surface area contributed by atoms with E-state index in [4.69, 9.17) is 4.74 Å². The van der Waals surface area contributed by atoms with Gasteiger partial charge in [-0.1, -0.05) is 0 Å². The van der Waals surface area contributed by atoms with Crippen molar-refractivity contribution in [3.63, 3.8) is 0 Å². The van der Waals surface area contributed by atoms with Crippen LogP contribution in [0, 0.1) is 5.92 Å². The van der Waals surface area contributed by atoms with Crippen LogP contribution in [0.5, 0.6) is 5.75 Å². The van der Waals surface area contributed by atoms with Gasteiger partial charge >= 0.3 is 0 Å². The zero-order valence-electron chi connectivity index (χ0n) is 13.7. The molecule has 6 nitrogen and oxygen atoms in total. The van der Waals surface area contributed by atoms with Gasteiger partial charge in [-0.3, -0.25) is 9.59 Å². The molecular formula is C16H24ClN3O3. The van der Waals surface area contributed by atoms with Crippen molar-refractivity contribution in [2.75, 3.05) is 39.6 Å². The van der Waals surface area contributed by atoms with E-state index in [1.807, 2.05) is 0 Å². The zero-order chi connectivity index (χ0) is 16.1. The first kappa shape index (κ1) is 19.3. The minimum atomic E-state index is -0.104. The highest BCUT2D eigenvalue weighted by Gasteiger charge is 2.22. The summed E-state index contributed by atoms with van der Waals surface area (Å²) in [6.07, 6.45) is 1.89. The fourth-order valence-corrected chi connectivity index (χ4v) is 2.50. The molecule has 0 aliphatic carbocycles. The summed E-state index contributed by atoms with van der Waals surface area (Å²) in [4.78, 5) is 25.7. The molecule has 0 radical (unpaired) electrons. The molecule has 7 heteroatoms. The Morgan fingerprint density at radius 3 is 2.65 bits per heavy atom. The standard InChI is InChI=1S/C16H23N3O3.ClH/c1-19(2)16(21)11-6-7-13(14(9-11)22-3)18-15(20)12-5-4-8-17-10-12;/h6-7,9,12,17H,4-5,8,10H2,1-3H3,(H,18,20);1H. The van der Waals surface area contributed by atoms with E-state index >= 15 is 0 Å². The SMILES string of the molecule is COc1cc(C(=O)N(C)C)ccc1NC(=O)C1CCCNC1.Cl. The van der Waals surface area contributed by atoms with Crippen LogP contribution in [0.3, 0.4) is 0 Å². The van der Waals surface area contributed by atoms with Gasteiger partial charge in [0, 0.05) is 26.2 Å². The van der Waals surface area contributed by atoms with E-state index in [1.54, 1.807) is 32.3 Å². The summed E-state index contributed by atoms with van der Waals surface area (Å²) in [5, 5.41) is 6.12. The van der Waals surface area contributed by atoms with E-state index in [9.17, 15) is 9.59 Å². The molecule has 1 atom stereocenters. The Morgan fingerprint density at radius 2 is 2.09 bits per heavy atom. The lowest BCUT2D eigenvalue weighted by Crippen LogP contribution is -2.37. The van der Waals surface area contributed by atoms with Crippen LogP contribution in [-0.2, 0) is 4.79 Å². The second kappa shape index (κ2) is 8.74. The Bertz CT molecular complexity index is 558. The summed E-state index contributed by atoms with van der Waals surface area (Å²) < 4.78 is 5.30. The van der Waals surface area contributed by atoms with Crippen molar-refractivity contribution in [1.82, 2.24) is 10.2 Å². The lowest BCUT2D eigenvalue weighted by Gasteiger charge is -2.22. The van der Waals surface area contributed by atoms with E-state index in [0.29, 0.717) is 23.5 Å². The molecule has 1 fully saturated rings. The van der Waals surface area contributed by atoms with Crippen molar-refractivity contribution in [2.45, 2.75) is 12.8 Å². The summed E-state index contributed by atoms with van der Waals surface area (Å²) in [5.74, 6) is 0.344. The van der Waals surface area contributed by atoms with Crippen molar-refractivity contribution < 1.29 is 14.3 Å². The quantitative estimate of drug-likeness (QED) is 0.875. The Labute approximate surface area is 143 Å². The monoisotopic (exact) mass is 341 g/mol. The molecule has 1 aliphatic rings. The van der Waals surface area contributed by atoms with Crippen LogP contribution in [0.15, 0.2) is 18.2 Å². The number of nitrogens with one attached hydrogen (secondary N) is 2. The van der Waals surface area contributed by atoms with Crippen molar-refractivity contribution >= 4 is 29.9 Å². The fraction of sp³-hybridized carbons (Fsp3) is 0.500. The number of carbonyl (C=O) groups is 2. The van der Waals surface area contributed by atoms with Gasteiger partial charge in [-0.15, -0.1) is 12.4 Å². The van der Waals surface area contributed by atoms with E-state index in [2.05, 4.69) is 10.6 Å². The van der Waals surface area contributed by atoms with Gasteiger partial charge in [-0.05, 0) is 37.6 Å². The predicted molar refractivity (Wildman–Crippen MR) is 92.5 cm³/mol. The molecule has 1 unspecified atom stereocenters. The molecule has 2 N–H and O–H groups in total. The molecule has 1 heterocycles. The van der Waals surface area contributed by atoms with Gasteiger partial charge in [-0.25, -0.2) is 0 Å². The normalized spacial score (nSPS) is 16.9. The van der Waals surface area contributed by atoms with Crippen LogP contribution in [0.2, 0.25) is 0 Å². The lowest BCUT2D eigenvalue weighted by molar-refractivity contribution is -0.120. The third kappa shape index (κ3) is 4.84. The summed E-state index contributed by atoms with van der Waals surface area (Å²) >= 11 is 0. The number of hydrogen-bond donors (Lipinski definition) is 2. The number of nitrogens with zero attached hydrogens (tertiary/aromatic N) is 1. The summed E-state index contributed by atoms with van der Waals surface area (Å²) in [7, 11) is 4.91. The molecule has 1 saturated heterocycles. The lowest BCUT2D eigenvalue weighted by atomic mass is 9.98. The van der Waals surface area contributed by atoms with Crippen LogP contribution < -0.4 is 15.4 Å². The third-order valence-electron chi connectivity index (χ3n) is 3.78. The summed E-state index contributed by atoms with van der Waals surface area (Å²) in [6, 6.07) is 5.06. The molecule has 2 amide bonds. The number of benzene rings is 1. The number of halogens is 1. The fourth-order valence-electron chi connectivity index (χ4n) is 2.50. The number of piperidine rings is 1. The van der Waals surface area contributed by atoms with Crippen molar-refractivity contribution in [1.29, 1.82) is 0 Å². The average molecular weight is 342 g/mol. The second-order valence-corrected chi connectivity index (χ2v) is 5.65. The molecule has 0 spiro atoms. The topological polar surface area (TPSA) is 70.7 Å². The van der Waals surface area contributed by atoms with Crippen molar-refractivity contribution in [3.05, 3.63) is 23.8 Å². The van der Waals surface area contributed by atoms with Crippen LogP contribution in [0.25, 0.3) is 0 Å². The van der Waals surface area contributed by atoms with Crippen LogP contribution >= 0.6 is 12.4 Å².